The zero-order valence-electron chi connectivity index (χ0n) is 22.9. The number of hydrogen-bond acceptors (Lipinski definition) is 6. The Morgan fingerprint density at radius 3 is 2.30 bits per heavy atom. The molecule has 4 aromatic rings. The number of methoxy groups -OCH3 is 1. The lowest BCUT2D eigenvalue weighted by Crippen LogP contribution is -2.31. The molecule has 0 bridgehead atoms. The second kappa shape index (κ2) is 11.1. The first-order chi connectivity index (χ1) is 19.3. The highest BCUT2D eigenvalue weighted by molar-refractivity contribution is 6.31. The molecule has 8 heteroatoms. The van der Waals surface area contributed by atoms with Crippen molar-refractivity contribution in [1.29, 1.82) is 0 Å². The maximum absolute atomic E-state index is 14.0. The first-order valence-electron chi connectivity index (χ1n) is 13.3. The van der Waals surface area contributed by atoms with Gasteiger partial charge in [0, 0.05) is 40.9 Å². The number of aliphatic hydroxyl groups excluding tert-OH is 1. The van der Waals surface area contributed by atoms with Crippen LogP contribution in [0.2, 0.25) is 5.02 Å². The Morgan fingerprint density at radius 1 is 1.02 bits per heavy atom. The molecule has 1 atom stereocenters. The fourth-order valence-corrected chi connectivity index (χ4v) is 5.47. The van der Waals surface area contributed by atoms with Crippen molar-refractivity contribution in [2.75, 3.05) is 30.0 Å². The number of halogens is 1. The van der Waals surface area contributed by atoms with Gasteiger partial charge in [0.1, 0.15) is 0 Å². The lowest BCUT2D eigenvalue weighted by Gasteiger charge is -2.28. The van der Waals surface area contributed by atoms with Crippen molar-refractivity contribution in [2.24, 2.45) is 0 Å². The number of aliphatic hydroxyl groups is 1. The molecular formula is C32H31ClN2O5. The number of benzene rings is 3. The topological polar surface area (TPSA) is 83.2 Å². The van der Waals surface area contributed by atoms with E-state index in [1.54, 1.807) is 18.2 Å². The van der Waals surface area contributed by atoms with E-state index < -0.39 is 23.5 Å². The standard InChI is InChI=1S/C32H31ClN2O5/c1-5-19-8-12-24(13-9-19)35-28(20-10-14-23(15-11-20)34(6-2)7-3)27(30(37)32(35)38)29(36)25-17-21-16-22(33)18-26(39-4)31(21)40-25/h8-18,28,37H,5-7H2,1-4H3. The van der Waals surface area contributed by atoms with Gasteiger partial charge in [-0.3, -0.25) is 14.5 Å². The number of furan rings is 1. The molecule has 0 radical (unpaired) electrons. The van der Waals surface area contributed by atoms with Crippen molar-refractivity contribution in [3.05, 3.63) is 100.0 Å². The molecule has 206 valence electrons. The van der Waals surface area contributed by atoms with Crippen LogP contribution in [-0.2, 0) is 11.2 Å². The predicted octanol–water partition coefficient (Wildman–Crippen LogP) is 7.29. The van der Waals surface area contributed by atoms with Crippen molar-refractivity contribution in [1.82, 2.24) is 0 Å². The van der Waals surface area contributed by atoms with E-state index in [1.165, 1.54) is 12.0 Å². The van der Waals surface area contributed by atoms with E-state index in [1.807, 2.05) is 48.5 Å². The summed E-state index contributed by atoms with van der Waals surface area (Å²) in [6, 6.07) is 19.2. The summed E-state index contributed by atoms with van der Waals surface area (Å²) in [6.07, 6.45) is 0.844. The quantitative estimate of drug-likeness (QED) is 0.217. The summed E-state index contributed by atoms with van der Waals surface area (Å²) < 4.78 is 11.3. The molecule has 1 unspecified atom stereocenters. The Balaban J connectivity index is 1.63. The molecule has 3 aromatic carbocycles. The third kappa shape index (κ3) is 4.71. The van der Waals surface area contributed by atoms with Crippen LogP contribution in [0.4, 0.5) is 11.4 Å². The molecule has 1 aromatic heterocycles. The summed E-state index contributed by atoms with van der Waals surface area (Å²) in [5.74, 6) is -1.50. The average Bonchev–Trinajstić information content (AvgIpc) is 3.52. The second-order valence-corrected chi connectivity index (χ2v) is 10.0. The van der Waals surface area contributed by atoms with E-state index in [0.717, 1.165) is 30.8 Å². The number of amides is 1. The van der Waals surface area contributed by atoms with Crippen LogP contribution in [0.5, 0.6) is 5.75 Å². The maximum atomic E-state index is 14.0. The van der Waals surface area contributed by atoms with Gasteiger partial charge in [0.25, 0.3) is 5.91 Å². The van der Waals surface area contributed by atoms with Crippen LogP contribution in [-0.4, -0.2) is 37.0 Å². The van der Waals surface area contributed by atoms with Crippen molar-refractivity contribution in [3.63, 3.8) is 0 Å². The number of ketones is 1. The highest BCUT2D eigenvalue weighted by Crippen LogP contribution is 2.43. The number of Topliss-reactive ketones (excluding diaryl/α,β-unsaturated/α-hetero) is 1. The fourth-order valence-electron chi connectivity index (χ4n) is 5.25. The third-order valence-electron chi connectivity index (χ3n) is 7.40. The van der Waals surface area contributed by atoms with Crippen LogP contribution in [0.1, 0.15) is 48.5 Å². The number of nitrogens with zero attached hydrogens (tertiary/aromatic N) is 2. The van der Waals surface area contributed by atoms with E-state index in [2.05, 4.69) is 25.7 Å². The van der Waals surface area contributed by atoms with Gasteiger partial charge >= 0.3 is 0 Å². The highest BCUT2D eigenvalue weighted by atomic mass is 35.5. The fraction of sp³-hybridized carbons (Fsp3) is 0.250. The number of aryl methyl sites for hydroxylation is 1. The van der Waals surface area contributed by atoms with E-state index in [0.29, 0.717) is 33.0 Å². The van der Waals surface area contributed by atoms with Crippen LogP contribution < -0.4 is 14.5 Å². The third-order valence-corrected chi connectivity index (χ3v) is 7.62. The van der Waals surface area contributed by atoms with Crippen molar-refractivity contribution < 1.29 is 23.8 Å². The first-order valence-corrected chi connectivity index (χ1v) is 13.7. The Kier molecular flexibility index (Phi) is 7.59. The molecule has 7 nitrogen and oxygen atoms in total. The largest absolute Gasteiger partial charge is 0.503 e. The average molecular weight is 559 g/mol. The van der Waals surface area contributed by atoms with Crippen LogP contribution in [0.25, 0.3) is 11.0 Å². The van der Waals surface area contributed by atoms with Crippen molar-refractivity contribution in [3.8, 4) is 5.75 Å². The van der Waals surface area contributed by atoms with E-state index in [-0.39, 0.29) is 11.3 Å². The summed E-state index contributed by atoms with van der Waals surface area (Å²) in [6.45, 7) is 7.91. The number of anilines is 2. The monoisotopic (exact) mass is 558 g/mol. The summed E-state index contributed by atoms with van der Waals surface area (Å²) in [4.78, 5) is 31.3. The van der Waals surface area contributed by atoms with Gasteiger partial charge in [-0.15, -0.1) is 0 Å². The molecule has 1 aliphatic rings. The normalized spacial score (nSPS) is 15.3. The van der Waals surface area contributed by atoms with Gasteiger partial charge in [-0.1, -0.05) is 42.8 Å². The minimum absolute atomic E-state index is 0.0298. The van der Waals surface area contributed by atoms with Gasteiger partial charge in [-0.2, -0.15) is 0 Å². The van der Waals surface area contributed by atoms with Crippen molar-refractivity contribution >= 4 is 45.6 Å². The molecule has 0 spiro atoms. The summed E-state index contributed by atoms with van der Waals surface area (Å²) >= 11 is 6.22. The first kappa shape index (κ1) is 27.3. The zero-order chi connectivity index (χ0) is 28.6. The lowest BCUT2D eigenvalue weighted by atomic mass is 9.94. The van der Waals surface area contributed by atoms with Crippen LogP contribution in [0.15, 0.2) is 82.5 Å². The second-order valence-electron chi connectivity index (χ2n) is 9.59. The Morgan fingerprint density at radius 2 is 1.70 bits per heavy atom. The van der Waals surface area contributed by atoms with E-state index in [4.69, 9.17) is 20.8 Å². The van der Waals surface area contributed by atoms with Crippen molar-refractivity contribution in [2.45, 2.75) is 33.2 Å². The highest BCUT2D eigenvalue weighted by Gasteiger charge is 2.45. The number of ether oxygens (including phenoxy) is 1. The maximum Gasteiger partial charge on any atom is 0.294 e. The molecule has 1 aliphatic heterocycles. The zero-order valence-corrected chi connectivity index (χ0v) is 23.7. The number of rotatable bonds is 9. The molecule has 5 rings (SSSR count). The van der Waals surface area contributed by atoms with Gasteiger partial charge in [-0.05, 0) is 67.8 Å². The SMILES string of the molecule is CCc1ccc(N2C(=O)C(O)=C(C(=O)c3cc4cc(Cl)cc(OC)c4o3)C2c2ccc(N(CC)CC)cc2)cc1. The molecule has 0 aliphatic carbocycles. The molecule has 0 saturated heterocycles. The van der Waals surface area contributed by atoms with Crippen LogP contribution >= 0.6 is 11.6 Å². The molecular weight excluding hydrogens is 528 g/mol. The minimum atomic E-state index is -0.864. The van der Waals surface area contributed by atoms with E-state index >= 15 is 0 Å². The molecule has 1 N–H and O–H groups in total. The number of fused-ring (bicyclic) bond motifs is 1. The summed E-state index contributed by atoms with van der Waals surface area (Å²) in [5, 5.41) is 12.2. The number of hydrogen-bond donors (Lipinski definition) is 1. The molecule has 0 saturated carbocycles. The minimum Gasteiger partial charge on any atom is -0.503 e. The lowest BCUT2D eigenvalue weighted by molar-refractivity contribution is -0.117. The van der Waals surface area contributed by atoms with Gasteiger partial charge in [-0.25, -0.2) is 0 Å². The summed E-state index contributed by atoms with van der Waals surface area (Å²) in [5.41, 5.74) is 3.70. The van der Waals surface area contributed by atoms with E-state index in [9.17, 15) is 14.7 Å². The van der Waals surface area contributed by atoms with Gasteiger partial charge in [0.15, 0.2) is 22.9 Å². The smallest absolute Gasteiger partial charge is 0.294 e. The predicted molar refractivity (Wildman–Crippen MR) is 158 cm³/mol. The van der Waals surface area contributed by atoms with Crippen LogP contribution in [0, 0.1) is 0 Å². The number of carbonyl (C=O) groups is 2. The van der Waals surface area contributed by atoms with Gasteiger partial charge in [0.05, 0.1) is 18.7 Å². The molecule has 2 heterocycles. The Hall–Kier alpha value is -4.23. The summed E-state index contributed by atoms with van der Waals surface area (Å²) in [7, 11) is 1.48. The number of carbonyl (C=O) groups excluding carboxylic acids is 2. The van der Waals surface area contributed by atoms with Gasteiger partial charge in [0.2, 0.25) is 5.78 Å². The Bertz CT molecular complexity index is 1600. The molecule has 0 fully saturated rings. The molecule has 1 amide bonds. The van der Waals surface area contributed by atoms with Crippen LogP contribution in [0.3, 0.4) is 0 Å². The Labute approximate surface area is 238 Å². The molecule has 40 heavy (non-hydrogen) atoms. The van der Waals surface area contributed by atoms with Gasteiger partial charge < -0.3 is 19.2 Å².